The molecular weight excluding hydrogens is 408 g/mol. The lowest BCUT2D eigenvalue weighted by molar-refractivity contribution is -0.117. The van der Waals surface area contributed by atoms with Gasteiger partial charge in [0.05, 0.1) is 26.0 Å². The highest BCUT2D eigenvalue weighted by atomic mass is 16.5. The number of anilines is 4. The molecular formula is C24H30N4O4. The Morgan fingerprint density at radius 3 is 2.44 bits per heavy atom. The van der Waals surface area contributed by atoms with E-state index in [0.717, 1.165) is 55.5 Å². The quantitative estimate of drug-likeness (QED) is 0.691. The van der Waals surface area contributed by atoms with Crippen LogP contribution in [0.5, 0.6) is 5.75 Å². The molecule has 2 aromatic rings. The fourth-order valence-electron chi connectivity index (χ4n) is 4.04. The second-order valence-electron chi connectivity index (χ2n) is 8.04. The molecule has 0 radical (unpaired) electrons. The molecule has 2 saturated heterocycles. The van der Waals surface area contributed by atoms with Crippen molar-refractivity contribution in [3.8, 4) is 5.75 Å². The Balaban J connectivity index is 1.36. The minimum Gasteiger partial charge on any atom is -0.494 e. The molecule has 32 heavy (non-hydrogen) atoms. The molecule has 2 fully saturated rings. The van der Waals surface area contributed by atoms with E-state index >= 15 is 0 Å². The summed E-state index contributed by atoms with van der Waals surface area (Å²) in [6.07, 6.45) is 1.42. The van der Waals surface area contributed by atoms with E-state index in [0.29, 0.717) is 18.7 Å². The number of carbonyl (C=O) groups is 2. The molecule has 4 rings (SSSR count). The Hall–Kier alpha value is -3.26. The van der Waals surface area contributed by atoms with E-state index < -0.39 is 6.04 Å². The van der Waals surface area contributed by atoms with Crippen LogP contribution in [0.4, 0.5) is 22.7 Å². The molecule has 0 aliphatic carbocycles. The van der Waals surface area contributed by atoms with Crippen LogP contribution in [0, 0.1) is 0 Å². The Morgan fingerprint density at radius 2 is 1.78 bits per heavy atom. The van der Waals surface area contributed by atoms with Crippen LogP contribution in [0.2, 0.25) is 0 Å². The maximum absolute atomic E-state index is 12.7. The van der Waals surface area contributed by atoms with Crippen LogP contribution < -0.4 is 25.2 Å². The third-order valence-electron chi connectivity index (χ3n) is 5.83. The van der Waals surface area contributed by atoms with Crippen LogP contribution in [0.15, 0.2) is 42.5 Å². The van der Waals surface area contributed by atoms with Gasteiger partial charge < -0.3 is 29.9 Å². The van der Waals surface area contributed by atoms with Crippen LogP contribution in [-0.2, 0) is 14.3 Å². The largest absolute Gasteiger partial charge is 0.494 e. The molecule has 2 aliphatic rings. The minimum atomic E-state index is -0.460. The maximum atomic E-state index is 12.7. The topological polar surface area (TPSA) is 83.1 Å². The lowest BCUT2D eigenvalue weighted by Crippen LogP contribution is -2.36. The third-order valence-corrected chi connectivity index (χ3v) is 5.83. The van der Waals surface area contributed by atoms with Crippen molar-refractivity contribution >= 4 is 34.6 Å². The van der Waals surface area contributed by atoms with Crippen LogP contribution in [0.1, 0.15) is 19.8 Å². The molecule has 1 atom stereocenters. The Bertz CT molecular complexity index is 957. The standard InChI is InChI=1S/C24H30N4O4/c1-17(24(30)26-18-5-8-20(9-6-18)27-12-14-32-15-13-27)25-19-7-10-21(22(16-19)31-2)28-11-3-4-23(28)29/h5-10,16-17,25H,3-4,11-15H2,1-2H3,(H,26,30)/t17-/m1/s1. The molecule has 0 bridgehead atoms. The summed E-state index contributed by atoms with van der Waals surface area (Å²) in [7, 11) is 1.58. The monoisotopic (exact) mass is 438 g/mol. The van der Waals surface area contributed by atoms with Crippen LogP contribution in [-0.4, -0.2) is 57.8 Å². The number of ether oxygens (including phenoxy) is 2. The first-order chi connectivity index (χ1) is 15.5. The minimum absolute atomic E-state index is 0.108. The molecule has 0 spiro atoms. The molecule has 170 valence electrons. The molecule has 0 saturated carbocycles. The summed E-state index contributed by atoms with van der Waals surface area (Å²) in [4.78, 5) is 28.8. The number of rotatable bonds is 7. The summed E-state index contributed by atoms with van der Waals surface area (Å²) in [5, 5.41) is 6.16. The highest BCUT2D eigenvalue weighted by Crippen LogP contribution is 2.34. The van der Waals surface area contributed by atoms with E-state index in [4.69, 9.17) is 9.47 Å². The maximum Gasteiger partial charge on any atom is 0.246 e. The Morgan fingerprint density at radius 1 is 1.06 bits per heavy atom. The average Bonchev–Trinajstić information content (AvgIpc) is 3.25. The van der Waals surface area contributed by atoms with Gasteiger partial charge in [0.25, 0.3) is 0 Å². The SMILES string of the molecule is COc1cc(N[C@H](C)C(=O)Nc2ccc(N3CCOCC3)cc2)ccc1N1CCCC1=O. The van der Waals surface area contributed by atoms with Gasteiger partial charge in [-0.15, -0.1) is 0 Å². The van der Waals surface area contributed by atoms with Crippen molar-refractivity contribution in [2.75, 3.05) is 60.4 Å². The lowest BCUT2D eigenvalue weighted by atomic mass is 10.2. The molecule has 2 aliphatic heterocycles. The molecule has 2 aromatic carbocycles. The summed E-state index contributed by atoms with van der Waals surface area (Å²) in [6.45, 7) is 5.73. The first-order valence-electron chi connectivity index (χ1n) is 11.0. The molecule has 2 heterocycles. The zero-order valence-electron chi connectivity index (χ0n) is 18.6. The van der Waals surface area contributed by atoms with Gasteiger partial charge in [0.2, 0.25) is 11.8 Å². The van der Waals surface area contributed by atoms with Gasteiger partial charge in [0, 0.05) is 49.2 Å². The van der Waals surface area contributed by atoms with Gasteiger partial charge in [0.1, 0.15) is 11.8 Å². The van der Waals surface area contributed by atoms with E-state index in [-0.39, 0.29) is 11.8 Å². The summed E-state index contributed by atoms with van der Waals surface area (Å²) in [5.41, 5.74) is 3.39. The van der Waals surface area contributed by atoms with Crippen molar-refractivity contribution in [3.05, 3.63) is 42.5 Å². The predicted octanol–water partition coefficient (Wildman–Crippen LogP) is 3.10. The number of hydrogen-bond acceptors (Lipinski definition) is 6. The molecule has 8 nitrogen and oxygen atoms in total. The van der Waals surface area contributed by atoms with Gasteiger partial charge in [-0.2, -0.15) is 0 Å². The van der Waals surface area contributed by atoms with Crippen molar-refractivity contribution in [2.45, 2.75) is 25.8 Å². The molecule has 2 amide bonds. The van der Waals surface area contributed by atoms with Crippen LogP contribution in [0.25, 0.3) is 0 Å². The van der Waals surface area contributed by atoms with Gasteiger partial charge in [-0.3, -0.25) is 9.59 Å². The smallest absolute Gasteiger partial charge is 0.246 e. The van der Waals surface area contributed by atoms with Crippen molar-refractivity contribution in [1.29, 1.82) is 0 Å². The van der Waals surface area contributed by atoms with Crippen LogP contribution in [0.3, 0.4) is 0 Å². The number of amides is 2. The zero-order valence-corrected chi connectivity index (χ0v) is 18.6. The van der Waals surface area contributed by atoms with Gasteiger partial charge in [0.15, 0.2) is 0 Å². The number of benzene rings is 2. The first-order valence-corrected chi connectivity index (χ1v) is 11.0. The molecule has 0 aromatic heterocycles. The highest BCUT2D eigenvalue weighted by Gasteiger charge is 2.25. The number of morpholine rings is 1. The molecule has 0 unspecified atom stereocenters. The average molecular weight is 439 g/mol. The van der Waals surface area contributed by atoms with Gasteiger partial charge in [-0.05, 0) is 49.7 Å². The van der Waals surface area contributed by atoms with Crippen molar-refractivity contribution in [1.82, 2.24) is 0 Å². The van der Waals surface area contributed by atoms with Gasteiger partial charge in [-0.1, -0.05) is 0 Å². The summed E-state index contributed by atoms with van der Waals surface area (Å²) < 4.78 is 10.9. The number of nitrogens with zero attached hydrogens (tertiary/aromatic N) is 2. The Kier molecular flexibility index (Phi) is 6.80. The van der Waals surface area contributed by atoms with Gasteiger partial charge in [-0.25, -0.2) is 0 Å². The second-order valence-corrected chi connectivity index (χ2v) is 8.04. The third kappa shape index (κ3) is 4.96. The van der Waals surface area contributed by atoms with E-state index in [2.05, 4.69) is 15.5 Å². The fraction of sp³-hybridized carbons (Fsp3) is 0.417. The van der Waals surface area contributed by atoms with Crippen LogP contribution >= 0.6 is 0 Å². The number of hydrogen-bond donors (Lipinski definition) is 2. The predicted molar refractivity (Wildman–Crippen MR) is 126 cm³/mol. The summed E-state index contributed by atoms with van der Waals surface area (Å²) in [5.74, 6) is 0.579. The number of carbonyl (C=O) groups excluding carboxylic acids is 2. The normalized spacial score (nSPS) is 17.2. The van der Waals surface area contributed by atoms with E-state index in [1.165, 1.54) is 0 Å². The fourth-order valence-corrected chi connectivity index (χ4v) is 4.04. The first kappa shape index (κ1) is 22.0. The Labute approximate surface area is 188 Å². The van der Waals surface area contributed by atoms with Crippen molar-refractivity contribution in [3.63, 3.8) is 0 Å². The summed E-state index contributed by atoms with van der Waals surface area (Å²) >= 11 is 0. The lowest BCUT2D eigenvalue weighted by Gasteiger charge is -2.29. The van der Waals surface area contributed by atoms with Crippen molar-refractivity contribution < 1.29 is 19.1 Å². The highest BCUT2D eigenvalue weighted by molar-refractivity contribution is 5.98. The zero-order chi connectivity index (χ0) is 22.5. The summed E-state index contributed by atoms with van der Waals surface area (Å²) in [6, 6.07) is 13.0. The van der Waals surface area contributed by atoms with E-state index in [1.807, 2.05) is 49.4 Å². The van der Waals surface area contributed by atoms with E-state index in [1.54, 1.807) is 12.0 Å². The molecule has 8 heteroatoms. The van der Waals surface area contributed by atoms with E-state index in [9.17, 15) is 9.59 Å². The number of methoxy groups -OCH3 is 1. The van der Waals surface area contributed by atoms with Crippen molar-refractivity contribution in [2.24, 2.45) is 0 Å². The number of nitrogens with one attached hydrogen (secondary N) is 2. The molecule has 2 N–H and O–H groups in total. The van der Waals surface area contributed by atoms with Gasteiger partial charge >= 0.3 is 0 Å². The second kappa shape index (κ2) is 9.91.